The van der Waals surface area contributed by atoms with Crippen molar-refractivity contribution >= 4 is 34.7 Å². The average Bonchev–Trinajstić information content (AvgIpc) is 3.57. The molecule has 5 rings (SSSR count). The van der Waals surface area contributed by atoms with E-state index in [0.29, 0.717) is 17.7 Å². The van der Waals surface area contributed by atoms with Crippen LogP contribution in [0.25, 0.3) is 10.7 Å². The molecule has 5 nitrogen and oxygen atoms in total. The summed E-state index contributed by atoms with van der Waals surface area (Å²) in [4.78, 5) is 13.9. The van der Waals surface area contributed by atoms with E-state index in [2.05, 4.69) is 50.6 Å². The molecule has 2 fully saturated rings. The molecule has 0 aliphatic heterocycles. The summed E-state index contributed by atoms with van der Waals surface area (Å²) in [5.41, 5.74) is 3.09. The molecular weight excluding hydrogens is 436 g/mol. The molecule has 0 unspecified atom stereocenters. The van der Waals surface area contributed by atoms with Gasteiger partial charge in [0.25, 0.3) is 0 Å². The van der Waals surface area contributed by atoms with Crippen LogP contribution < -0.4 is 5.32 Å². The number of benzene rings is 1. The number of rotatable bonds is 7. The van der Waals surface area contributed by atoms with Crippen molar-refractivity contribution in [1.29, 1.82) is 0 Å². The van der Waals surface area contributed by atoms with Gasteiger partial charge >= 0.3 is 0 Å². The summed E-state index contributed by atoms with van der Waals surface area (Å²) in [6.45, 7) is 6.38. The van der Waals surface area contributed by atoms with Crippen LogP contribution in [0.4, 0.5) is 5.69 Å². The Hall–Kier alpha value is -2.12. The molecule has 0 radical (unpaired) electrons. The van der Waals surface area contributed by atoms with Crippen LogP contribution >= 0.6 is 23.1 Å². The van der Waals surface area contributed by atoms with Crippen LogP contribution in [0.15, 0.2) is 40.9 Å². The second-order valence-corrected chi connectivity index (χ2v) is 11.3. The van der Waals surface area contributed by atoms with E-state index in [-0.39, 0.29) is 5.91 Å². The zero-order chi connectivity index (χ0) is 22.2. The number of hydrogen-bond acceptors (Lipinski definition) is 5. The number of nitrogens with zero attached hydrogens (tertiary/aromatic N) is 3. The van der Waals surface area contributed by atoms with Crippen molar-refractivity contribution in [1.82, 2.24) is 14.8 Å². The Bertz CT molecular complexity index is 1110. The van der Waals surface area contributed by atoms with Crippen molar-refractivity contribution in [2.45, 2.75) is 57.7 Å². The van der Waals surface area contributed by atoms with Gasteiger partial charge in [0.2, 0.25) is 5.91 Å². The van der Waals surface area contributed by atoms with E-state index < -0.39 is 0 Å². The standard InChI is InChI=1S/C25H30N4OS2/c1-15-6-7-16(2)21(11-15)26-23(30)14-32-25-28-27-24(22-5-4-10-31-22)29(25)17(3)20-13-18-8-9-19(20)12-18/h4-7,10-11,17-20H,8-9,12-14H2,1-3H3,(H,26,30)/t17-,18+,19+,20+/m0/s1. The number of thioether (sulfide) groups is 1. The summed E-state index contributed by atoms with van der Waals surface area (Å²) in [6, 6.07) is 10.6. The van der Waals surface area contributed by atoms with Crippen molar-refractivity contribution in [2.24, 2.45) is 17.8 Å². The molecule has 2 aliphatic rings. The van der Waals surface area contributed by atoms with Crippen LogP contribution in [-0.2, 0) is 4.79 Å². The maximum absolute atomic E-state index is 12.7. The number of fused-ring (bicyclic) bond motifs is 2. The lowest BCUT2D eigenvalue weighted by molar-refractivity contribution is -0.113. The molecule has 1 amide bonds. The van der Waals surface area contributed by atoms with Gasteiger partial charge in [0.15, 0.2) is 11.0 Å². The first kappa shape index (κ1) is 21.7. The number of carbonyl (C=O) groups excluding carboxylic acids is 1. The summed E-state index contributed by atoms with van der Waals surface area (Å²) in [5, 5.41) is 15.1. The summed E-state index contributed by atoms with van der Waals surface area (Å²) in [7, 11) is 0. The highest BCUT2D eigenvalue weighted by Gasteiger charge is 2.43. The van der Waals surface area contributed by atoms with E-state index in [1.807, 2.05) is 26.0 Å². The van der Waals surface area contributed by atoms with Gasteiger partial charge in [0.05, 0.1) is 10.6 Å². The lowest BCUT2D eigenvalue weighted by Crippen LogP contribution is -2.23. The monoisotopic (exact) mass is 466 g/mol. The van der Waals surface area contributed by atoms with Crippen molar-refractivity contribution in [3.05, 3.63) is 46.8 Å². The molecule has 3 aromatic rings. The molecule has 168 valence electrons. The highest BCUT2D eigenvalue weighted by molar-refractivity contribution is 7.99. The summed E-state index contributed by atoms with van der Waals surface area (Å²) < 4.78 is 2.31. The minimum Gasteiger partial charge on any atom is -0.325 e. The molecular formula is C25H30N4OS2. The fraction of sp³-hybridized carbons (Fsp3) is 0.480. The third-order valence-electron chi connectivity index (χ3n) is 7.23. The third kappa shape index (κ3) is 4.25. The number of nitrogens with one attached hydrogen (secondary N) is 1. The fourth-order valence-electron chi connectivity index (χ4n) is 5.58. The van der Waals surface area contributed by atoms with E-state index in [9.17, 15) is 4.79 Å². The second kappa shape index (κ2) is 9.02. The first-order chi connectivity index (χ1) is 15.5. The number of hydrogen-bond donors (Lipinski definition) is 1. The molecule has 32 heavy (non-hydrogen) atoms. The first-order valence-corrected chi connectivity index (χ1v) is 13.3. The number of aromatic nitrogens is 3. The van der Waals surface area contributed by atoms with Crippen molar-refractivity contribution in [2.75, 3.05) is 11.1 Å². The van der Waals surface area contributed by atoms with Crippen LogP contribution in [-0.4, -0.2) is 26.4 Å². The predicted molar refractivity (Wildman–Crippen MR) is 132 cm³/mol. The molecule has 2 bridgehead atoms. The van der Waals surface area contributed by atoms with Crippen LogP contribution in [0.2, 0.25) is 0 Å². The lowest BCUT2D eigenvalue weighted by Gasteiger charge is -2.30. The van der Waals surface area contributed by atoms with Crippen molar-refractivity contribution < 1.29 is 4.79 Å². The van der Waals surface area contributed by atoms with Gasteiger partial charge in [-0.25, -0.2) is 0 Å². The van der Waals surface area contributed by atoms with Gasteiger partial charge in [0, 0.05) is 11.7 Å². The molecule has 2 heterocycles. The van der Waals surface area contributed by atoms with E-state index >= 15 is 0 Å². The van der Waals surface area contributed by atoms with Gasteiger partial charge < -0.3 is 5.32 Å². The summed E-state index contributed by atoms with van der Waals surface area (Å²) >= 11 is 3.19. The maximum atomic E-state index is 12.7. The Kier molecular flexibility index (Phi) is 6.12. The van der Waals surface area contributed by atoms with Gasteiger partial charge in [-0.05, 0) is 86.4 Å². The van der Waals surface area contributed by atoms with Gasteiger partial charge in [-0.2, -0.15) is 0 Å². The zero-order valence-electron chi connectivity index (χ0n) is 18.9. The van der Waals surface area contributed by atoms with Crippen LogP contribution in [0, 0.1) is 31.6 Å². The molecule has 2 aromatic heterocycles. The van der Waals surface area contributed by atoms with Gasteiger partial charge in [0.1, 0.15) is 0 Å². The lowest BCUT2D eigenvalue weighted by atomic mass is 9.84. The molecule has 0 spiro atoms. The molecule has 0 saturated heterocycles. The van der Waals surface area contributed by atoms with Gasteiger partial charge in [-0.15, -0.1) is 21.5 Å². The van der Waals surface area contributed by atoms with Gasteiger partial charge in [-0.1, -0.05) is 36.4 Å². The summed E-state index contributed by atoms with van der Waals surface area (Å²) in [5.74, 6) is 3.63. The Balaban J connectivity index is 1.35. The maximum Gasteiger partial charge on any atom is 0.234 e. The summed E-state index contributed by atoms with van der Waals surface area (Å²) in [6.07, 6.45) is 5.45. The predicted octanol–water partition coefficient (Wildman–Crippen LogP) is 6.35. The molecule has 7 heteroatoms. The van der Waals surface area contributed by atoms with Crippen LogP contribution in [0.5, 0.6) is 0 Å². The van der Waals surface area contributed by atoms with E-state index in [1.165, 1.54) is 37.4 Å². The second-order valence-electron chi connectivity index (χ2n) is 9.39. The molecule has 1 N–H and O–H groups in total. The van der Waals surface area contributed by atoms with Crippen LogP contribution in [0.3, 0.4) is 0 Å². The largest absolute Gasteiger partial charge is 0.325 e. The number of anilines is 1. The fourth-order valence-corrected chi connectivity index (χ4v) is 7.11. The highest BCUT2D eigenvalue weighted by atomic mass is 32.2. The number of carbonyl (C=O) groups is 1. The highest BCUT2D eigenvalue weighted by Crippen LogP contribution is 2.53. The van der Waals surface area contributed by atoms with E-state index in [1.54, 1.807) is 11.3 Å². The Labute approximate surface area is 198 Å². The third-order valence-corrected chi connectivity index (χ3v) is 9.03. The number of amides is 1. The SMILES string of the molecule is Cc1ccc(C)c(NC(=O)CSc2nnc(-c3cccs3)n2[C@@H](C)[C@H]2C[C@@H]3CC[C@@H]2C3)c1. The molecule has 4 atom stereocenters. The average molecular weight is 467 g/mol. The Morgan fingerprint density at radius 1 is 1.25 bits per heavy atom. The Morgan fingerprint density at radius 3 is 2.84 bits per heavy atom. The topological polar surface area (TPSA) is 59.8 Å². The van der Waals surface area contributed by atoms with E-state index in [4.69, 9.17) is 0 Å². The minimum atomic E-state index is -0.0106. The molecule has 1 aromatic carbocycles. The quantitative estimate of drug-likeness (QED) is 0.412. The Morgan fingerprint density at radius 2 is 2.12 bits per heavy atom. The van der Waals surface area contributed by atoms with Gasteiger partial charge in [-0.3, -0.25) is 9.36 Å². The molecule has 2 saturated carbocycles. The first-order valence-electron chi connectivity index (χ1n) is 11.5. The van der Waals surface area contributed by atoms with E-state index in [0.717, 1.165) is 44.5 Å². The number of aryl methyl sites for hydroxylation is 2. The molecule has 2 aliphatic carbocycles. The zero-order valence-corrected chi connectivity index (χ0v) is 20.5. The van der Waals surface area contributed by atoms with Crippen LogP contribution in [0.1, 0.15) is 49.8 Å². The van der Waals surface area contributed by atoms with Crippen molar-refractivity contribution in [3.63, 3.8) is 0 Å². The normalized spacial score (nSPS) is 22.9. The number of thiophene rings is 1. The minimum absolute atomic E-state index is 0.0106. The van der Waals surface area contributed by atoms with Crippen molar-refractivity contribution in [3.8, 4) is 10.7 Å². The smallest absolute Gasteiger partial charge is 0.234 e.